The van der Waals surface area contributed by atoms with Crippen molar-refractivity contribution in [3.8, 4) is 5.75 Å². The Labute approximate surface area is 118 Å². The quantitative estimate of drug-likeness (QED) is 0.770. The number of hydrogen-bond acceptors (Lipinski definition) is 5. The summed E-state index contributed by atoms with van der Waals surface area (Å²) in [6.45, 7) is 3.23. The number of aromatic nitrogens is 1. The molecule has 106 valence electrons. The number of aliphatic hydroxyl groups is 1. The lowest BCUT2D eigenvalue weighted by atomic mass is 10.1. The molecule has 0 radical (unpaired) electrons. The van der Waals surface area contributed by atoms with Gasteiger partial charge in [0.25, 0.3) is 0 Å². The van der Waals surface area contributed by atoms with Gasteiger partial charge in [-0.3, -0.25) is 4.98 Å². The van der Waals surface area contributed by atoms with Gasteiger partial charge < -0.3 is 15.5 Å². The van der Waals surface area contributed by atoms with Crippen molar-refractivity contribution in [3.05, 3.63) is 23.0 Å². The molecule has 0 aliphatic carbocycles. The topological polar surface area (TPSA) is 65.4 Å². The third-order valence-corrected chi connectivity index (χ3v) is 4.95. The van der Waals surface area contributed by atoms with E-state index < -0.39 is 0 Å². The van der Waals surface area contributed by atoms with Crippen LogP contribution in [-0.4, -0.2) is 32.7 Å². The molecule has 3 N–H and O–H groups in total. The van der Waals surface area contributed by atoms with Gasteiger partial charge in [0.2, 0.25) is 0 Å². The van der Waals surface area contributed by atoms with Crippen LogP contribution >= 0.6 is 11.8 Å². The van der Waals surface area contributed by atoms with Gasteiger partial charge in [-0.1, -0.05) is 6.42 Å². The van der Waals surface area contributed by atoms with Crippen LogP contribution in [0.5, 0.6) is 5.75 Å². The summed E-state index contributed by atoms with van der Waals surface area (Å²) in [4.78, 5) is 4.07. The van der Waals surface area contributed by atoms with Crippen molar-refractivity contribution < 1.29 is 10.2 Å². The van der Waals surface area contributed by atoms with Gasteiger partial charge in [-0.25, -0.2) is 0 Å². The predicted octanol–water partition coefficient (Wildman–Crippen LogP) is 1.96. The summed E-state index contributed by atoms with van der Waals surface area (Å²) in [7, 11) is 0. The fourth-order valence-corrected chi connectivity index (χ4v) is 3.62. The van der Waals surface area contributed by atoms with E-state index in [9.17, 15) is 10.2 Å². The maximum Gasteiger partial charge on any atom is 0.141 e. The smallest absolute Gasteiger partial charge is 0.141 e. The fraction of sp³-hybridized carbons (Fsp3) is 0.643. The van der Waals surface area contributed by atoms with Crippen LogP contribution in [0.25, 0.3) is 0 Å². The first kappa shape index (κ1) is 14.6. The number of pyridine rings is 1. The average Bonchev–Trinajstić information content (AvgIpc) is 2.45. The molecule has 1 fully saturated rings. The van der Waals surface area contributed by atoms with Crippen molar-refractivity contribution >= 4 is 11.8 Å². The van der Waals surface area contributed by atoms with Crippen molar-refractivity contribution in [2.75, 3.05) is 12.3 Å². The van der Waals surface area contributed by atoms with E-state index in [4.69, 9.17) is 0 Å². The number of rotatable bonds is 5. The molecule has 1 unspecified atom stereocenters. The summed E-state index contributed by atoms with van der Waals surface area (Å²) in [5, 5.41) is 23.4. The highest BCUT2D eigenvalue weighted by Gasteiger charge is 2.15. The molecule has 1 aliphatic rings. The number of aryl methyl sites for hydroxylation is 1. The lowest BCUT2D eigenvalue weighted by Crippen LogP contribution is -2.26. The van der Waals surface area contributed by atoms with E-state index in [1.807, 2.05) is 11.8 Å². The Kier molecular flexibility index (Phi) is 5.48. The largest absolute Gasteiger partial charge is 0.506 e. The highest BCUT2D eigenvalue weighted by molar-refractivity contribution is 7.99. The van der Waals surface area contributed by atoms with E-state index in [0.717, 1.165) is 12.1 Å². The molecule has 2 heterocycles. The predicted molar refractivity (Wildman–Crippen MR) is 78.4 cm³/mol. The second-order valence-corrected chi connectivity index (χ2v) is 6.38. The van der Waals surface area contributed by atoms with Crippen LogP contribution in [0.1, 0.15) is 36.1 Å². The minimum absolute atomic E-state index is 0.0873. The maximum atomic E-state index is 10.0. The van der Waals surface area contributed by atoms with Crippen LogP contribution in [-0.2, 0) is 13.2 Å². The van der Waals surface area contributed by atoms with E-state index in [1.54, 1.807) is 13.1 Å². The summed E-state index contributed by atoms with van der Waals surface area (Å²) < 4.78 is 0. The van der Waals surface area contributed by atoms with Crippen molar-refractivity contribution in [2.45, 2.75) is 44.6 Å². The van der Waals surface area contributed by atoms with Crippen LogP contribution in [0.4, 0.5) is 0 Å². The van der Waals surface area contributed by atoms with E-state index >= 15 is 0 Å². The molecule has 19 heavy (non-hydrogen) atoms. The van der Waals surface area contributed by atoms with Gasteiger partial charge >= 0.3 is 0 Å². The zero-order valence-corrected chi connectivity index (χ0v) is 12.2. The van der Waals surface area contributed by atoms with Crippen molar-refractivity contribution in [1.29, 1.82) is 0 Å². The van der Waals surface area contributed by atoms with Crippen molar-refractivity contribution in [1.82, 2.24) is 10.3 Å². The first-order valence-corrected chi connectivity index (χ1v) is 7.86. The molecule has 1 aliphatic heterocycles. The van der Waals surface area contributed by atoms with E-state index in [2.05, 4.69) is 10.3 Å². The Hall–Kier alpha value is -0.780. The van der Waals surface area contributed by atoms with Gasteiger partial charge in [-0.2, -0.15) is 11.8 Å². The van der Waals surface area contributed by atoms with Gasteiger partial charge in [0, 0.05) is 35.7 Å². The molecule has 1 atom stereocenters. The highest BCUT2D eigenvalue weighted by atomic mass is 32.2. The molecule has 0 amide bonds. The first-order chi connectivity index (χ1) is 9.22. The van der Waals surface area contributed by atoms with Crippen LogP contribution in [0.3, 0.4) is 0 Å². The zero-order valence-electron chi connectivity index (χ0n) is 11.4. The Balaban J connectivity index is 1.92. The summed E-state index contributed by atoms with van der Waals surface area (Å²) in [6, 6.07) is 0. The molecular formula is C14H22N2O2S. The van der Waals surface area contributed by atoms with Gasteiger partial charge in [0.15, 0.2) is 0 Å². The van der Waals surface area contributed by atoms with Crippen molar-refractivity contribution in [2.24, 2.45) is 0 Å². The fourth-order valence-electron chi connectivity index (χ4n) is 2.34. The number of aromatic hydroxyl groups is 1. The van der Waals surface area contributed by atoms with Crippen LogP contribution in [0.15, 0.2) is 6.20 Å². The monoisotopic (exact) mass is 282 g/mol. The van der Waals surface area contributed by atoms with E-state index in [-0.39, 0.29) is 12.4 Å². The molecule has 0 spiro atoms. The Morgan fingerprint density at radius 3 is 3.00 bits per heavy atom. The molecule has 0 aromatic carbocycles. The van der Waals surface area contributed by atoms with E-state index in [0.29, 0.717) is 23.1 Å². The Bertz CT molecular complexity index is 420. The normalized spacial score (nSPS) is 19.6. The molecule has 5 heteroatoms. The summed E-state index contributed by atoms with van der Waals surface area (Å²) in [5.41, 5.74) is 2.09. The molecule has 2 rings (SSSR count). The number of nitrogens with zero attached hydrogens (tertiary/aromatic N) is 1. The summed E-state index contributed by atoms with van der Waals surface area (Å²) in [6.07, 6.45) is 5.56. The van der Waals surface area contributed by atoms with Crippen LogP contribution in [0.2, 0.25) is 0 Å². The highest BCUT2D eigenvalue weighted by Crippen LogP contribution is 2.26. The van der Waals surface area contributed by atoms with Gasteiger partial charge in [-0.15, -0.1) is 0 Å². The SMILES string of the molecule is Cc1ncc(CO)c(CNCC2CCCCS2)c1O. The average molecular weight is 282 g/mol. The first-order valence-electron chi connectivity index (χ1n) is 6.82. The molecule has 0 bridgehead atoms. The summed E-state index contributed by atoms with van der Waals surface area (Å²) >= 11 is 2.03. The Morgan fingerprint density at radius 1 is 1.47 bits per heavy atom. The third-order valence-electron chi connectivity index (χ3n) is 3.55. The number of aliphatic hydroxyl groups excluding tert-OH is 1. The van der Waals surface area contributed by atoms with Crippen LogP contribution < -0.4 is 5.32 Å². The second kappa shape index (κ2) is 7.12. The molecule has 1 aromatic rings. The minimum Gasteiger partial charge on any atom is -0.506 e. The lowest BCUT2D eigenvalue weighted by Gasteiger charge is -2.22. The second-order valence-electron chi connectivity index (χ2n) is 4.97. The number of hydrogen-bond donors (Lipinski definition) is 3. The molecule has 1 aromatic heterocycles. The van der Waals surface area contributed by atoms with E-state index in [1.165, 1.54) is 25.0 Å². The maximum absolute atomic E-state index is 10.0. The molecule has 1 saturated heterocycles. The van der Waals surface area contributed by atoms with Gasteiger partial charge in [0.1, 0.15) is 5.75 Å². The zero-order chi connectivity index (χ0) is 13.7. The minimum atomic E-state index is -0.0873. The van der Waals surface area contributed by atoms with Gasteiger partial charge in [-0.05, 0) is 25.5 Å². The van der Waals surface area contributed by atoms with Gasteiger partial charge in [0.05, 0.1) is 12.3 Å². The lowest BCUT2D eigenvalue weighted by molar-refractivity contribution is 0.278. The number of nitrogens with one attached hydrogen (secondary N) is 1. The standard InChI is InChI=1S/C14H22N2O2S/c1-10-14(18)13(11(9-17)6-16-10)8-15-7-12-4-2-3-5-19-12/h6,12,15,17-18H,2-5,7-9H2,1H3. The third kappa shape index (κ3) is 3.84. The molecular weight excluding hydrogens is 260 g/mol. The molecule has 4 nitrogen and oxygen atoms in total. The summed E-state index contributed by atoms with van der Waals surface area (Å²) in [5.74, 6) is 1.46. The van der Waals surface area contributed by atoms with Crippen molar-refractivity contribution in [3.63, 3.8) is 0 Å². The Morgan fingerprint density at radius 2 is 2.32 bits per heavy atom. The number of thioether (sulfide) groups is 1. The van der Waals surface area contributed by atoms with Crippen LogP contribution in [0, 0.1) is 6.92 Å². The molecule has 0 saturated carbocycles.